The minimum Gasteiger partial charge on any atom is -0.508 e. The number of hydrogen-bond acceptors (Lipinski definition) is 7. The van der Waals surface area contributed by atoms with Crippen LogP contribution in [0, 0.1) is 0 Å². The van der Waals surface area contributed by atoms with E-state index in [1.54, 1.807) is 36.8 Å². The number of phenols is 1. The minimum atomic E-state index is -0.404. The smallest absolute Gasteiger partial charge is 0.290 e. The van der Waals surface area contributed by atoms with Gasteiger partial charge in [0.1, 0.15) is 17.2 Å². The lowest BCUT2D eigenvalue weighted by Gasteiger charge is -2.03. The van der Waals surface area contributed by atoms with Crippen LogP contribution in [0.15, 0.2) is 59.0 Å². The first-order chi connectivity index (χ1) is 12.6. The van der Waals surface area contributed by atoms with E-state index in [9.17, 15) is 9.90 Å². The summed E-state index contributed by atoms with van der Waals surface area (Å²) >= 11 is 1.32. The Bertz CT molecular complexity index is 905. The Morgan fingerprint density at radius 2 is 1.92 bits per heavy atom. The molecular formula is C18H16N4O3S. The van der Waals surface area contributed by atoms with E-state index in [1.807, 2.05) is 24.3 Å². The van der Waals surface area contributed by atoms with Crippen LogP contribution in [0.1, 0.15) is 16.1 Å². The largest absolute Gasteiger partial charge is 0.508 e. The maximum absolute atomic E-state index is 12.1. The number of thiazole rings is 1. The second kappa shape index (κ2) is 8.13. The summed E-state index contributed by atoms with van der Waals surface area (Å²) in [5.41, 5.74) is 4.29. The van der Waals surface area contributed by atoms with Crippen molar-refractivity contribution in [2.45, 2.75) is 0 Å². The quantitative estimate of drug-likeness (QED) is 0.458. The minimum absolute atomic E-state index is 0.172. The van der Waals surface area contributed by atoms with Gasteiger partial charge < -0.3 is 15.2 Å². The normalized spacial score (nSPS) is 10.7. The molecule has 0 atom stereocenters. The fourth-order valence-electron chi connectivity index (χ4n) is 2.02. The maximum Gasteiger partial charge on any atom is 0.290 e. The Labute approximate surface area is 154 Å². The monoisotopic (exact) mass is 368 g/mol. The van der Waals surface area contributed by atoms with E-state index in [1.165, 1.54) is 17.6 Å². The molecule has 1 heterocycles. The number of nitrogens with one attached hydrogen (secondary N) is 2. The van der Waals surface area contributed by atoms with Gasteiger partial charge in [-0.3, -0.25) is 4.79 Å². The third-order valence-corrected chi connectivity index (χ3v) is 4.11. The molecule has 0 radical (unpaired) electrons. The SMILES string of the molecule is COc1ccc(Nc2nc(C(=O)N/N=C/c3ccc(O)cc3)cs2)cc1. The number of ether oxygens (including phenoxy) is 1. The molecule has 132 valence electrons. The van der Waals surface area contributed by atoms with Gasteiger partial charge in [-0.15, -0.1) is 11.3 Å². The third-order valence-electron chi connectivity index (χ3n) is 3.35. The van der Waals surface area contributed by atoms with E-state index in [-0.39, 0.29) is 11.4 Å². The molecule has 0 fully saturated rings. The molecule has 0 saturated carbocycles. The number of hydrogen-bond donors (Lipinski definition) is 3. The highest BCUT2D eigenvalue weighted by Crippen LogP contribution is 2.22. The van der Waals surface area contributed by atoms with Gasteiger partial charge in [-0.05, 0) is 54.1 Å². The summed E-state index contributed by atoms with van der Waals surface area (Å²) in [7, 11) is 1.61. The first kappa shape index (κ1) is 17.4. The van der Waals surface area contributed by atoms with Crippen molar-refractivity contribution in [1.82, 2.24) is 10.4 Å². The van der Waals surface area contributed by atoms with E-state index >= 15 is 0 Å². The van der Waals surface area contributed by atoms with Crippen LogP contribution >= 0.6 is 11.3 Å². The van der Waals surface area contributed by atoms with Crippen molar-refractivity contribution in [3.05, 3.63) is 65.2 Å². The van der Waals surface area contributed by atoms with Gasteiger partial charge in [-0.1, -0.05) is 0 Å². The molecule has 0 aliphatic heterocycles. The van der Waals surface area contributed by atoms with Crippen molar-refractivity contribution < 1.29 is 14.6 Å². The van der Waals surface area contributed by atoms with Gasteiger partial charge in [-0.25, -0.2) is 10.4 Å². The lowest BCUT2D eigenvalue weighted by Crippen LogP contribution is -2.18. The van der Waals surface area contributed by atoms with Crippen molar-refractivity contribution in [2.75, 3.05) is 12.4 Å². The first-order valence-corrected chi connectivity index (χ1v) is 8.51. The molecule has 3 rings (SSSR count). The molecule has 0 aliphatic carbocycles. The number of hydrazone groups is 1. The van der Waals surface area contributed by atoms with Gasteiger partial charge in [-0.2, -0.15) is 5.10 Å². The van der Waals surface area contributed by atoms with Gasteiger partial charge >= 0.3 is 0 Å². The number of methoxy groups -OCH3 is 1. The number of amides is 1. The van der Waals surface area contributed by atoms with Crippen molar-refractivity contribution in [1.29, 1.82) is 0 Å². The van der Waals surface area contributed by atoms with Gasteiger partial charge in [0, 0.05) is 11.1 Å². The van der Waals surface area contributed by atoms with Crippen LogP contribution in [0.3, 0.4) is 0 Å². The molecule has 0 aliphatic rings. The predicted octanol–water partition coefficient (Wildman–Crippen LogP) is 3.36. The van der Waals surface area contributed by atoms with Crippen LogP contribution in [-0.2, 0) is 0 Å². The fraction of sp³-hybridized carbons (Fsp3) is 0.0556. The van der Waals surface area contributed by atoms with Crippen molar-refractivity contribution >= 4 is 34.3 Å². The second-order valence-electron chi connectivity index (χ2n) is 5.18. The molecule has 7 nitrogen and oxygen atoms in total. The molecule has 1 amide bonds. The topological polar surface area (TPSA) is 95.8 Å². The Balaban J connectivity index is 1.57. The Morgan fingerprint density at radius 3 is 2.62 bits per heavy atom. The Kier molecular flexibility index (Phi) is 5.45. The molecule has 2 aromatic carbocycles. The number of benzene rings is 2. The number of phenolic OH excluding ortho intramolecular Hbond substituents is 1. The molecule has 0 spiro atoms. The summed E-state index contributed by atoms with van der Waals surface area (Å²) in [5.74, 6) is 0.533. The summed E-state index contributed by atoms with van der Waals surface area (Å²) < 4.78 is 5.11. The zero-order valence-electron chi connectivity index (χ0n) is 13.8. The highest BCUT2D eigenvalue weighted by atomic mass is 32.1. The third kappa shape index (κ3) is 4.58. The Morgan fingerprint density at radius 1 is 1.19 bits per heavy atom. The van der Waals surface area contributed by atoms with Crippen molar-refractivity contribution in [2.24, 2.45) is 5.10 Å². The fourth-order valence-corrected chi connectivity index (χ4v) is 2.73. The van der Waals surface area contributed by atoms with E-state index < -0.39 is 5.91 Å². The van der Waals surface area contributed by atoms with Gasteiger partial charge in [0.2, 0.25) is 0 Å². The van der Waals surface area contributed by atoms with Gasteiger partial charge in [0.05, 0.1) is 13.3 Å². The number of anilines is 2. The summed E-state index contributed by atoms with van der Waals surface area (Å²) in [4.78, 5) is 16.3. The summed E-state index contributed by atoms with van der Waals surface area (Å²) in [6, 6.07) is 13.9. The van der Waals surface area contributed by atoms with Gasteiger partial charge in [0.15, 0.2) is 5.13 Å². The highest BCUT2D eigenvalue weighted by Gasteiger charge is 2.10. The molecule has 3 N–H and O–H groups in total. The van der Waals surface area contributed by atoms with Crippen LogP contribution in [0.25, 0.3) is 0 Å². The molecular weight excluding hydrogens is 352 g/mol. The van der Waals surface area contributed by atoms with E-state index in [4.69, 9.17) is 4.74 Å². The number of aromatic nitrogens is 1. The Hall–Kier alpha value is -3.39. The zero-order chi connectivity index (χ0) is 18.4. The average Bonchev–Trinajstić information content (AvgIpc) is 3.12. The van der Waals surface area contributed by atoms with Gasteiger partial charge in [0.25, 0.3) is 5.91 Å². The van der Waals surface area contributed by atoms with E-state index in [0.29, 0.717) is 5.13 Å². The van der Waals surface area contributed by atoms with Crippen LogP contribution in [0.5, 0.6) is 11.5 Å². The molecule has 0 bridgehead atoms. The molecule has 26 heavy (non-hydrogen) atoms. The number of rotatable bonds is 6. The van der Waals surface area contributed by atoms with Crippen molar-refractivity contribution in [3.8, 4) is 11.5 Å². The predicted molar refractivity (Wildman–Crippen MR) is 102 cm³/mol. The lowest BCUT2D eigenvalue weighted by molar-refractivity contribution is 0.0951. The van der Waals surface area contributed by atoms with Crippen LogP contribution < -0.4 is 15.5 Å². The second-order valence-corrected chi connectivity index (χ2v) is 6.04. The van der Waals surface area contributed by atoms with E-state index in [0.717, 1.165) is 17.0 Å². The maximum atomic E-state index is 12.1. The van der Waals surface area contributed by atoms with Crippen LogP contribution in [0.2, 0.25) is 0 Å². The zero-order valence-corrected chi connectivity index (χ0v) is 14.7. The van der Waals surface area contributed by atoms with Crippen molar-refractivity contribution in [3.63, 3.8) is 0 Å². The molecule has 0 saturated heterocycles. The summed E-state index contributed by atoms with van der Waals surface area (Å²) in [6.07, 6.45) is 1.49. The molecule has 8 heteroatoms. The number of carbonyl (C=O) groups is 1. The van der Waals surface area contributed by atoms with Crippen LogP contribution in [-0.4, -0.2) is 29.3 Å². The summed E-state index contributed by atoms with van der Waals surface area (Å²) in [6.45, 7) is 0. The first-order valence-electron chi connectivity index (χ1n) is 7.63. The number of nitrogens with zero attached hydrogens (tertiary/aromatic N) is 2. The number of carbonyl (C=O) groups excluding carboxylic acids is 1. The average molecular weight is 368 g/mol. The lowest BCUT2D eigenvalue weighted by atomic mass is 10.2. The molecule has 1 aromatic heterocycles. The summed E-state index contributed by atoms with van der Waals surface area (Å²) in [5, 5.41) is 18.5. The number of aromatic hydroxyl groups is 1. The highest BCUT2D eigenvalue weighted by molar-refractivity contribution is 7.14. The standard InChI is InChI=1S/C18H16N4O3S/c1-25-15-8-4-13(5-9-15)20-18-21-16(11-26-18)17(24)22-19-10-12-2-6-14(23)7-3-12/h2-11,23H,1H3,(H,20,21)(H,22,24)/b19-10+. The molecule has 3 aromatic rings. The van der Waals surface area contributed by atoms with E-state index in [2.05, 4.69) is 20.8 Å². The van der Waals surface area contributed by atoms with Crippen LogP contribution in [0.4, 0.5) is 10.8 Å². The molecule has 0 unspecified atom stereocenters.